The molecule has 98 valence electrons. The van der Waals surface area contributed by atoms with E-state index < -0.39 is 11.5 Å². The largest absolute Gasteiger partial charge is 0.480 e. The van der Waals surface area contributed by atoms with Crippen LogP contribution in [-0.2, 0) is 11.3 Å². The summed E-state index contributed by atoms with van der Waals surface area (Å²) < 4.78 is 0. The first-order chi connectivity index (χ1) is 8.65. The molecule has 0 amide bonds. The van der Waals surface area contributed by atoms with Gasteiger partial charge in [-0.15, -0.1) is 0 Å². The van der Waals surface area contributed by atoms with Crippen LogP contribution in [0.3, 0.4) is 0 Å². The first-order valence-electron chi connectivity index (χ1n) is 6.53. The van der Waals surface area contributed by atoms with Gasteiger partial charge in [0.2, 0.25) is 0 Å². The highest BCUT2D eigenvalue weighted by Gasteiger charge is 2.44. The monoisotopic (exact) mass is 248 g/mol. The van der Waals surface area contributed by atoms with Crippen LogP contribution in [0.2, 0.25) is 0 Å². The Morgan fingerprint density at radius 2 is 2.39 bits per heavy atom. The zero-order valence-corrected chi connectivity index (χ0v) is 10.7. The summed E-state index contributed by atoms with van der Waals surface area (Å²) >= 11 is 0. The van der Waals surface area contributed by atoms with Crippen molar-refractivity contribution in [2.75, 3.05) is 0 Å². The second-order valence-corrected chi connectivity index (χ2v) is 5.10. The molecular weight excluding hydrogens is 228 g/mol. The van der Waals surface area contributed by atoms with Gasteiger partial charge in [-0.3, -0.25) is 15.1 Å². The predicted molar refractivity (Wildman–Crippen MR) is 69.1 cm³/mol. The standard InChI is InChI=1S/C14H20N2O2/c1-11-6-2-4-8-14(11,13(17)18)16-10-12-7-3-5-9-15-12/h3,5,7,9,11,16H,2,4,6,8,10H2,1H3,(H,17,18). The number of carboxylic acid groups (broad SMARTS) is 1. The summed E-state index contributed by atoms with van der Waals surface area (Å²) in [7, 11) is 0. The molecule has 1 aliphatic carbocycles. The maximum atomic E-state index is 11.6. The average molecular weight is 248 g/mol. The minimum absolute atomic E-state index is 0.160. The highest BCUT2D eigenvalue weighted by atomic mass is 16.4. The van der Waals surface area contributed by atoms with Crippen molar-refractivity contribution in [3.8, 4) is 0 Å². The van der Waals surface area contributed by atoms with Crippen LogP contribution < -0.4 is 5.32 Å². The summed E-state index contributed by atoms with van der Waals surface area (Å²) in [6.07, 6.45) is 5.51. The molecule has 2 atom stereocenters. The van der Waals surface area contributed by atoms with Crippen LogP contribution in [0.25, 0.3) is 0 Å². The smallest absolute Gasteiger partial charge is 0.324 e. The van der Waals surface area contributed by atoms with Crippen LogP contribution in [-0.4, -0.2) is 21.6 Å². The number of hydrogen-bond donors (Lipinski definition) is 2. The Labute approximate surface area is 107 Å². The number of hydrogen-bond acceptors (Lipinski definition) is 3. The first kappa shape index (κ1) is 13.0. The van der Waals surface area contributed by atoms with Gasteiger partial charge in [0.1, 0.15) is 5.54 Å². The van der Waals surface area contributed by atoms with Crippen molar-refractivity contribution in [2.45, 2.75) is 44.7 Å². The summed E-state index contributed by atoms with van der Waals surface area (Å²) in [6, 6.07) is 5.69. The maximum Gasteiger partial charge on any atom is 0.324 e. The molecule has 1 aromatic rings. The quantitative estimate of drug-likeness (QED) is 0.857. The van der Waals surface area contributed by atoms with E-state index in [1.165, 1.54) is 0 Å². The van der Waals surface area contributed by atoms with Crippen LogP contribution in [0.5, 0.6) is 0 Å². The molecule has 0 radical (unpaired) electrons. The lowest BCUT2D eigenvalue weighted by molar-refractivity contribution is -0.149. The number of aliphatic carboxylic acids is 1. The van der Waals surface area contributed by atoms with E-state index in [1.807, 2.05) is 25.1 Å². The Balaban J connectivity index is 2.09. The van der Waals surface area contributed by atoms with Crippen molar-refractivity contribution in [1.82, 2.24) is 10.3 Å². The van der Waals surface area contributed by atoms with Crippen LogP contribution in [0.1, 0.15) is 38.3 Å². The Bertz CT molecular complexity index is 408. The van der Waals surface area contributed by atoms with Crippen LogP contribution in [0.4, 0.5) is 0 Å². The molecule has 1 aliphatic rings. The van der Waals surface area contributed by atoms with E-state index in [2.05, 4.69) is 10.3 Å². The molecule has 1 fully saturated rings. The summed E-state index contributed by atoms with van der Waals surface area (Å²) in [6.45, 7) is 2.54. The molecule has 18 heavy (non-hydrogen) atoms. The van der Waals surface area contributed by atoms with Gasteiger partial charge in [-0.05, 0) is 30.9 Å². The molecule has 4 heteroatoms. The van der Waals surface area contributed by atoms with Gasteiger partial charge in [0.05, 0.1) is 5.69 Å². The normalized spacial score (nSPS) is 27.9. The number of rotatable bonds is 4. The predicted octanol–water partition coefficient (Wildman–Crippen LogP) is 2.20. The fourth-order valence-corrected chi connectivity index (χ4v) is 2.75. The maximum absolute atomic E-state index is 11.6. The van der Waals surface area contributed by atoms with Gasteiger partial charge in [0.25, 0.3) is 0 Å². The number of aromatic nitrogens is 1. The fraction of sp³-hybridized carbons (Fsp3) is 0.571. The minimum Gasteiger partial charge on any atom is -0.480 e. The molecule has 2 rings (SSSR count). The second kappa shape index (κ2) is 5.48. The lowest BCUT2D eigenvalue weighted by atomic mass is 9.73. The topological polar surface area (TPSA) is 62.2 Å². The molecule has 0 saturated heterocycles. The van der Waals surface area contributed by atoms with Gasteiger partial charge in [-0.25, -0.2) is 0 Å². The zero-order valence-electron chi connectivity index (χ0n) is 10.7. The van der Waals surface area contributed by atoms with Gasteiger partial charge in [-0.1, -0.05) is 25.8 Å². The third-order valence-electron chi connectivity index (χ3n) is 3.99. The molecule has 2 unspecified atom stereocenters. The van der Waals surface area contributed by atoms with Crippen molar-refractivity contribution >= 4 is 5.97 Å². The first-order valence-corrected chi connectivity index (χ1v) is 6.53. The summed E-state index contributed by atoms with van der Waals surface area (Å²) in [5, 5.41) is 12.8. The number of nitrogens with zero attached hydrogens (tertiary/aromatic N) is 1. The van der Waals surface area contributed by atoms with Crippen LogP contribution in [0, 0.1) is 5.92 Å². The zero-order chi connectivity index (χ0) is 13.0. The Morgan fingerprint density at radius 1 is 1.56 bits per heavy atom. The van der Waals surface area contributed by atoms with E-state index in [1.54, 1.807) is 6.20 Å². The van der Waals surface area contributed by atoms with Crippen molar-refractivity contribution in [3.05, 3.63) is 30.1 Å². The van der Waals surface area contributed by atoms with E-state index in [0.717, 1.165) is 25.0 Å². The van der Waals surface area contributed by atoms with E-state index in [9.17, 15) is 9.90 Å². The van der Waals surface area contributed by atoms with Crippen molar-refractivity contribution < 1.29 is 9.90 Å². The molecule has 0 aromatic carbocycles. The highest BCUT2D eigenvalue weighted by molar-refractivity contribution is 5.79. The summed E-state index contributed by atoms with van der Waals surface area (Å²) in [4.78, 5) is 15.8. The molecule has 1 aromatic heterocycles. The van der Waals surface area contributed by atoms with E-state index >= 15 is 0 Å². The van der Waals surface area contributed by atoms with Crippen molar-refractivity contribution in [2.24, 2.45) is 5.92 Å². The van der Waals surface area contributed by atoms with Gasteiger partial charge in [0, 0.05) is 12.7 Å². The van der Waals surface area contributed by atoms with Gasteiger partial charge in [0.15, 0.2) is 0 Å². The minimum atomic E-state index is -0.782. The second-order valence-electron chi connectivity index (χ2n) is 5.10. The van der Waals surface area contributed by atoms with Crippen molar-refractivity contribution in [3.63, 3.8) is 0 Å². The fourth-order valence-electron chi connectivity index (χ4n) is 2.75. The number of carboxylic acids is 1. The van der Waals surface area contributed by atoms with Crippen molar-refractivity contribution in [1.29, 1.82) is 0 Å². The Hall–Kier alpha value is -1.42. The van der Waals surface area contributed by atoms with Gasteiger partial charge >= 0.3 is 5.97 Å². The highest BCUT2D eigenvalue weighted by Crippen LogP contribution is 2.34. The third-order valence-corrected chi connectivity index (χ3v) is 3.99. The number of pyridine rings is 1. The SMILES string of the molecule is CC1CCCCC1(NCc1ccccn1)C(=O)O. The molecule has 4 nitrogen and oxygen atoms in total. The van der Waals surface area contributed by atoms with Crippen LogP contribution >= 0.6 is 0 Å². The molecule has 1 saturated carbocycles. The summed E-state index contributed by atoms with van der Waals surface area (Å²) in [5.74, 6) is -0.571. The average Bonchev–Trinajstić information content (AvgIpc) is 2.39. The summed E-state index contributed by atoms with van der Waals surface area (Å²) in [5.41, 5.74) is 0.103. The lowest BCUT2D eigenvalue weighted by Crippen LogP contribution is -2.57. The molecule has 0 spiro atoms. The number of nitrogens with one attached hydrogen (secondary N) is 1. The molecule has 0 aliphatic heterocycles. The Morgan fingerprint density at radius 3 is 3.00 bits per heavy atom. The van der Waals surface area contributed by atoms with Gasteiger partial charge < -0.3 is 5.11 Å². The molecule has 2 N–H and O–H groups in total. The van der Waals surface area contributed by atoms with Gasteiger partial charge in [-0.2, -0.15) is 0 Å². The van der Waals surface area contributed by atoms with E-state index in [-0.39, 0.29) is 5.92 Å². The van der Waals surface area contributed by atoms with Crippen LogP contribution in [0.15, 0.2) is 24.4 Å². The van der Waals surface area contributed by atoms with E-state index in [4.69, 9.17) is 0 Å². The molecule has 0 bridgehead atoms. The molecular formula is C14H20N2O2. The Kier molecular flexibility index (Phi) is 3.97. The lowest BCUT2D eigenvalue weighted by Gasteiger charge is -2.39. The third kappa shape index (κ3) is 2.53. The van der Waals surface area contributed by atoms with E-state index in [0.29, 0.717) is 13.0 Å². The molecule has 1 heterocycles. The number of carbonyl (C=O) groups is 1.